The summed E-state index contributed by atoms with van der Waals surface area (Å²) in [5, 5.41) is 28.4. The molecule has 2 aliphatic rings. The molecular formula is C100H123N19. The van der Waals surface area contributed by atoms with Crippen LogP contribution in [0.15, 0.2) is 275 Å². The number of likely N-dealkylation sites (tertiary alicyclic amines) is 2. The van der Waals surface area contributed by atoms with E-state index in [9.17, 15) is 0 Å². The minimum absolute atomic E-state index is 0.0267. The van der Waals surface area contributed by atoms with Crippen LogP contribution in [0.25, 0.3) is 88.6 Å². The molecule has 0 amide bonds. The summed E-state index contributed by atoms with van der Waals surface area (Å²) in [5.41, 5.74) is 16.7. The fourth-order valence-electron chi connectivity index (χ4n) is 15.3. The standard InChI is InChI=1S/C17H25N3.3C17H19N3.C16H18N4.C16H23N3/c1-17(2,3)18-14-5-6-16-13(11-14)7-10-20(16)15-8-9-19(4)12-15;1-17(2,3)19-14-4-5-16-13(12-14)8-11-20(16)15-6-9-18-10-7-15;1-17(2,3)19-14-6-7-16-13(11-14)8-10-20(16)15-5-4-9-18-12-15;1-17(2,3)19-14-7-8-15-13(12-14)9-11-20(15)16-6-4-5-10-18-16;1-16(2,3)19-13-10-12-7-9-20(15(12)18-11-13)14-6-4-5-8-17-14;1-16(2,3)17-13-5-6-15-12(9-13)7-8-19(15)14-10-18(4)11-14/h5-7,10-11,15,18H,8-9,12H2,1-4H3;3*4-12,19H,1-3H3;4-11,19H,1-3H3;5-9,14,17H,10-11H2,1-4H3. The van der Waals surface area contributed by atoms with E-state index >= 15 is 0 Å². The van der Waals surface area contributed by atoms with Gasteiger partial charge in [-0.05, 0) is 334 Å². The highest BCUT2D eigenvalue weighted by Crippen LogP contribution is 2.34. The van der Waals surface area contributed by atoms with Gasteiger partial charge in [0.15, 0.2) is 0 Å². The zero-order valence-electron chi connectivity index (χ0n) is 73.5. The normalized spacial score (nSPS) is 14.2. The van der Waals surface area contributed by atoms with Gasteiger partial charge in [-0.1, -0.05) is 12.1 Å². The number of hydrogen-bond donors (Lipinski definition) is 6. The van der Waals surface area contributed by atoms with Gasteiger partial charge in [-0.3, -0.25) is 14.5 Å². The van der Waals surface area contributed by atoms with Gasteiger partial charge < -0.3 is 64.5 Å². The molecule has 1 atom stereocenters. The summed E-state index contributed by atoms with van der Waals surface area (Å²) in [5.74, 6) is 1.82. The molecule has 16 aromatic rings. The Morgan fingerprint density at radius 3 is 1.07 bits per heavy atom. The lowest BCUT2D eigenvalue weighted by Crippen LogP contribution is -2.44. The van der Waals surface area contributed by atoms with E-state index in [4.69, 9.17) is 0 Å². The predicted molar refractivity (Wildman–Crippen MR) is 504 cm³/mol. The van der Waals surface area contributed by atoms with Crippen molar-refractivity contribution in [3.05, 3.63) is 275 Å². The largest absolute Gasteiger partial charge is 0.380 e. The third-order valence-electron chi connectivity index (χ3n) is 20.0. The van der Waals surface area contributed by atoms with Crippen LogP contribution in [0.2, 0.25) is 0 Å². The Kier molecular flexibility index (Phi) is 25.3. The minimum Gasteiger partial charge on any atom is -0.380 e. The topological polar surface area (TPSA) is 173 Å². The highest BCUT2D eigenvalue weighted by atomic mass is 15.2. The Morgan fingerprint density at radius 1 is 0.286 bits per heavy atom. The van der Waals surface area contributed by atoms with Crippen LogP contribution >= 0.6 is 0 Å². The maximum Gasteiger partial charge on any atom is 0.145 e. The van der Waals surface area contributed by atoms with E-state index in [-0.39, 0.29) is 33.2 Å². The number of rotatable bonds is 12. The fourth-order valence-corrected chi connectivity index (χ4v) is 15.3. The molecule has 13 heterocycles. The summed E-state index contributed by atoms with van der Waals surface area (Å²) < 4.78 is 13.3. The number of nitrogens with zero attached hydrogens (tertiary/aromatic N) is 13. The average Bonchev–Trinajstić information content (AvgIpc) is 1.67. The first-order chi connectivity index (χ1) is 56.5. The molecule has 11 aromatic heterocycles. The van der Waals surface area contributed by atoms with Crippen LogP contribution in [0.3, 0.4) is 0 Å². The lowest BCUT2D eigenvalue weighted by molar-refractivity contribution is 0.144. The first kappa shape index (κ1) is 84.7. The molecule has 0 saturated carbocycles. The van der Waals surface area contributed by atoms with Crippen molar-refractivity contribution < 1.29 is 0 Å². The quantitative estimate of drug-likeness (QED) is 0.0683. The fraction of sp³-hybridized carbons (Fsp3) is 0.330. The van der Waals surface area contributed by atoms with Gasteiger partial charge in [-0.2, -0.15) is 0 Å². The third kappa shape index (κ3) is 23.0. The number of anilines is 6. The lowest BCUT2D eigenvalue weighted by Gasteiger charge is -2.37. The van der Waals surface area contributed by atoms with Crippen molar-refractivity contribution in [1.82, 2.24) is 62.1 Å². The van der Waals surface area contributed by atoms with Gasteiger partial charge in [-0.25, -0.2) is 15.0 Å². The molecule has 0 radical (unpaired) electrons. The van der Waals surface area contributed by atoms with Gasteiger partial charge in [0.25, 0.3) is 0 Å². The van der Waals surface area contributed by atoms with Crippen LogP contribution in [-0.4, -0.2) is 136 Å². The highest BCUT2D eigenvalue weighted by Gasteiger charge is 2.27. The van der Waals surface area contributed by atoms with Crippen molar-refractivity contribution in [2.24, 2.45) is 0 Å². The molecule has 5 aromatic carbocycles. The molecule has 2 aliphatic heterocycles. The Morgan fingerprint density at radius 2 is 0.655 bits per heavy atom. The third-order valence-corrected chi connectivity index (χ3v) is 20.0. The summed E-state index contributed by atoms with van der Waals surface area (Å²) in [6, 6.07) is 68.9. The van der Waals surface area contributed by atoms with E-state index in [1.165, 1.54) is 78.9 Å². The van der Waals surface area contributed by atoms with Crippen LogP contribution in [0.1, 0.15) is 143 Å². The van der Waals surface area contributed by atoms with Crippen LogP contribution in [0.5, 0.6) is 0 Å². The molecule has 6 N–H and O–H groups in total. The number of benzene rings is 5. The second-order valence-corrected chi connectivity index (χ2v) is 37.8. The van der Waals surface area contributed by atoms with E-state index < -0.39 is 0 Å². The van der Waals surface area contributed by atoms with Crippen molar-refractivity contribution in [3.8, 4) is 23.0 Å². The van der Waals surface area contributed by atoms with E-state index in [0.717, 1.165) is 76.4 Å². The molecule has 0 aliphatic carbocycles. The molecule has 1 unspecified atom stereocenters. The van der Waals surface area contributed by atoms with Crippen LogP contribution in [0, 0.1) is 0 Å². The predicted octanol–water partition coefficient (Wildman–Crippen LogP) is 23.4. The monoisotopic (exact) mass is 1590 g/mol. The maximum absolute atomic E-state index is 4.56. The zero-order chi connectivity index (χ0) is 84.6. The van der Waals surface area contributed by atoms with Crippen LogP contribution < -0.4 is 31.9 Å². The summed E-state index contributed by atoms with van der Waals surface area (Å²) >= 11 is 0. The van der Waals surface area contributed by atoms with Gasteiger partial charge in [-0.15, -0.1) is 0 Å². The summed E-state index contributed by atoms with van der Waals surface area (Å²) in [6.45, 7) is 43.7. The second kappa shape index (κ2) is 35.6. The Hall–Kier alpha value is -12.2. The number of likely N-dealkylation sites (N-methyl/N-ethyl adjacent to an activating group) is 2. The molecule has 2 fully saturated rings. The molecule has 2 saturated heterocycles. The highest BCUT2D eigenvalue weighted by molar-refractivity contribution is 5.89. The second-order valence-electron chi connectivity index (χ2n) is 37.8. The summed E-state index contributed by atoms with van der Waals surface area (Å²) in [4.78, 5) is 26.3. The summed E-state index contributed by atoms with van der Waals surface area (Å²) in [7, 11) is 4.38. The average molecular weight is 1590 g/mol. The lowest BCUT2D eigenvalue weighted by atomic mass is 10.1. The van der Waals surface area contributed by atoms with Crippen LogP contribution in [-0.2, 0) is 0 Å². The van der Waals surface area contributed by atoms with Crippen molar-refractivity contribution >= 4 is 99.7 Å². The molecule has 19 nitrogen and oxygen atoms in total. The number of fused-ring (bicyclic) bond motifs is 6. The van der Waals surface area contributed by atoms with Gasteiger partial charge in [0.1, 0.15) is 17.3 Å². The zero-order valence-corrected chi connectivity index (χ0v) is 73.5. The molecule has 0 bridgehead atoms. The van der Waals surface area contributed by atoms with Gasteiger partial charge in [0.05, 0.1) is 46.4 Å². The molecule has 0 spiro atoms. The summed E-state index contributed by atoms with van der Waals surface area (Å²) in [6.07, 6.45) is 26.7. The SMILES string of the molecule is CC(C)(C)Nc1ccc2c(ccn2-c2ccccn2)c1.CC(C)(C)Nc1ccc2c(ccn2-c2cccnc2)c1.CC(C)(C)Nc1ccc2c(ccn2-c2ccncc2)c1.CC(C)(C)Nc1cnc2c(ccn2-c2ccccn2)c1.CN1CC(n2ccc3cc(NC(C)(C)C)ccc32)C1.CN1CCC(n2ccc3cc(NC(C)(C)C)ccc32)C1. The Balaban J connectivity index is 0.000000124. The van der Waals surface area contributed by atoms with Crippen LogP contribution in [0.4, 0.5) is 34.1 Å². The minimum atomic E-state index is 0.0267. The molecular weight excluding hydrogens is 1470 g/mol. The van der Waals surface area contributed by atoms with E-state index in [0.29, 0.717) is 12.1 Å². The molecule has 119 heavy (non-hydrogen) atoms. The van der Waals surface area contributed by atoms with Gasteiger partial charge >= 0.3 is 0 Å². The van der Waals surface area contributed by atoms with Crippen molar-refractivity contribution in [2.45, 2.75) is 176 Å². The van der Waals surface area contributed by atoms with Gasteiger partial charge in [0, 0.05) is 205 Å². The number of nitrogens with one attached hydrogen (secondary N) is 6. The number of hydrogen-bond acceptors (Lipinski definition) is 13. The van der Waals surface area contributed by atoms with Gasteiger partial charge in [0.2, 0.25) is 0 Å². The molecule has 19 heteroatoms. The first-order valence-electron chi connectivity index (χ1n) is 41.7. The number of pyridine rings is 5. The smallest absolute Gasteiger partial charge is 0.145 e. The number of aromatic nitrogens is 11. The van der Waals surface area contributed by atoms with E-state index in [1.807, 2.05) is 96.3 Å². The van der Waals surface area contributed by atoms with Crippen molar-refractivity contribution in [1.29, 1.82) is 0 Å². The molecule has 18 rings (SSSR count). The van der Waals surface area contributed by atoms with Crippen molar-refractivity contribution in [2.75, 3.05) is 72.2 Å². The first-order valence-corrected chi connectivity index (χ1v) is 41.7. The Labute approximate surface area is 704 Å². The molecule has 618 valence electrons. The maximum atomic E-state index is 4.56. The van der Waals surface area contributed by atoms with Crippen molar-refractivity contribution in [3.63, 3.8) is 0 Å². The van der Waals surface area contributed by atoms with E-state index in [2.05, 4.69) is 399 Å². The van der Waals surface area contributed by atoms with E-state index in [1.54, 1.807) is 12.4 Å². The Bertz CT molecular complexity index is 5460.